The summed E-state index contributed by atoms with van der Waals surface area (Å²) >= 11 is 0. The number of aromatic amines is 1. The summed E-state index contributed by atoms with van der Waals surface area (Å²) in [6.45, 7) is 0.744. The Bertz CT molecular complexity index is 708. The maximum absolute atomic E-state index is 12.1. The van der Waals surface area contributed by atoms with Gasteiger partial charge in [0.1, 0.15) is 11.9 Å². The van der Waals surface area contributed by atoms with Crippen LogP contribution in [0.15, 0.2) is 35.1 Å². The molecular formula is C15H16N2O3. The molecule has 1 atom stereocenters. The molecule has 5 nitrogen and oxygen atoms in total. The van der Waals surface area contributed by atoms with E-state index >= 15 is 0 Å². The quantitative estimate of drug-likeness (QED) is 0.845. The van der Waals surface area contributed by atoms with Gasteiger partial charge in [0, 0.05) is 11.9 Å². The molecule has 3 rings (SSSR count). The van der Waals surface area contributed by atoms with E-state index in [0.717, 1.165) is 24.8 Å². The number of hydrogen-bond donors (Lipinski definition) is 1. The van der Waals surface area contributed by atoms with E-state index in [0.29, 0.717) is 11.2 Å². The van der Waals surface area contributed by atoms with Gasteiger partial charge in [-0.25, -0.2) is 4.79 Å². The van der Waals surface area contributed by atoms with Gasteiger partial charge in [-0.15, -0.1) is 0 Å². The number of methoxy groups -OCH3 is 1. The Hall–Kier alpha value is -2.30. The Morgan fingerprint density at radius 1 is 1.40 bits per heavy atom. The van der Waals surface area contributed by atoms with Crippen LogP contribution in [-0.4, -0.2) is 30.6 Å². The molecule has 0 aliphatic carbocycles. The predicted molar refractivity (Wildman–Crippen MR) is 77.0 cm³/mol. The van der Waals surface area contributed by atoms with E-state index in [4.69, 9.17) is 4.74 Å². The average Bonchev–Trinajstić information content (AvgIpc) is 2.96. The van der Waals surface area contributed by atoms with Crippen molar-refractivity contribution in [3.8, 4) is 0 Å². The van der Waals surface area contributed by atoms with Crippen molar-refractivity contribution in [2.45, 2.75) is 18.9 Å². The van der Waals surface area contributed by atoms with Crippen molar-refractivity contribution in [1.82, 2.24) is 4.98 Å². The summed E-state index contributed by atoms with van der Waals surface area (Å²) in [6.07, 6.45) is 1.66. The molecule has 0 radical (unpaired) electrons. The van der Waals surface area contributed by atoms with Gasteiger partial charge < -0.3 is 14.6 Å². The number of ether oxygens (including phenoxy) is 1. The smallest absolute Gasteiger partial charge is 0.328 e. The highest BCUT2D eigenvalue weighted by Gasteiger charge is 2.32. The first-order chi connectivity index (χ1) is 9.70. The molecule has 1 unspecified atom stereocenters. The number of pyridine rings is 1. The lowest BCUT2D eigenvalue weighted by Crippen LogP contribution is -2.38. The number of nitrogens with zero attached hydrogens (tertiary/aromatic N) is 1. The number of fused-ring (bicyclic) bond motifs is 1. The number of nitrogens with one attached hydrogen (secondary N) is 1. The number of anilines is 1. The van der Waals surface area contributed by atoms with Crippen LogP contribution in [0.5, 0.6) is 0 Å². The van der Waals surface area contributed by atoms with Crippen LogP contribution in [0.3, 0.4) is 0 Å². The zero-order valence-corrected chi connectivity index (χ0v) is 11.3. The third-order valence-corrected chi connectivity index (χ3v) is 3.77. The first-order valence-corrected chi connectivity index (χ1v) is 6.67. The molecule has 1 aromatic heterocycles. The van der Waals surface area contributed by atoms with E-state index in [-0.39, 0.29) is 17.6 Å². The molecule has 0 bridgehead atoms. The first-order valence-electron chi connectivity index (χ1n) is 6.67. The second-order valence-corrected chi connectivity index (χ2v) is 4.95. The highest BCUT2D eigenvalue weighted by Crippen LogP contribution is 2.25. The molecule has 104 valence electrons. The van der Waals surface area contributed by atoms with Crippen LogP contribution in [0, 0.1) is 0 Å². The van der Waals surface area contributed by atoms with Crippen LogP contribution < -0.4 is 10.5 Å². The van der Waals surface area contributed by atoms with Crippen molar-refractivity contribution >= 4 is 22.6 Å². The molecule has 0 spiro atoms. The Kier molecular flexibility index (Phi) is 3.18. The van der Waals surface area contributed by atoms with Crippen LogP contribution in [0.25, 0.3) is 10.8 Å². The molecule has 1 saturated heterocycles. The molecule has 0 amide bonds. The molecule has 1 aliphatic heterocycles. The Morgan fingerprint density at radius 2 is 2.20 bits per heavy atom. The Labute approximate surface area is 116 Å². The molecule has 20 heavy (non-hydrogen) atoms. The standard InChI is InChI=1S/C15H16N2O3/c1-20-15(19)12-7-4-8-17(12)13-9-10-5-2-3-6-11(10)14(18)16-13/h2-3,5-6,9,12H,4,7-8H2,1H3,(H,16,18). The molecule has 2 heterocycles. The zero-order chi connectivity index (χ0) is 14.1. The maximum Gasteiger partial charge on any atom is 0.328 e. The fourth-order valence-electron chi connectivity index (χ4n) is 2.79. The maximum atomic E-state index is 12.1. The van der Waals surface area contributed by atoms with E-state index < -0.39 is 0 Å². The summed E-state index contributed by atoms with van der Waals surface area (Å²) in [4.78, 5) is 28.7. The number of rotatable bonds is 2. The van der Waals surface area contributed by atoms with E-state index in [9.17, 15) is 9.59 Å². The predicted octanol–water partition coefficient (Wildman–Crippen LogP) is 1.67. The highest BCUT2D eigenvalue weighted by molar-refractivity contribution is 5.85. The SMILES string of the molecule is COC(=O)C1CCCN1c1cc2ccccc2c(=O)[nH]1. The van der Waals surface area contributed by atoms with Crippen LogP contribution >= 0.6 is 0 Å². The number of carbonyl (C=O) groups excluding carboxylic acids is 1. The lowest BCUT2D eigenvalue weighted by Gasteiger charge is -2.24. The van der Waals surface area contributed by atoms with Gasteiger partial charge in [-0.05, 0) is 30.4 Å². The molecule has 1 fully saturated rings. The van der Waals surface area contributed by atoms with Crippen LogP contribution in [0.4, 0.5) is 5.82 Å². The minimum atomic E-state index is -0.309. The number of H-pyrrole nitrogens is 1. The molecule has 1 aliphatic rings. The Balaban J connectivity index is 2.06. The number of benzene rings is 1. The lowest BCUT2D eigenvalue weighted by atomic mass is 10.1. The monoisotopic (exact) mass is 272 g/mol. The van der Waals surface area contributed by atoms with Gasteiger partial charge in [-0.2, -0.15) is 0 Å². The van der Waals surface area contributed by atoms with Gasteiger partial charge in [0.25, 0.3) is 5.56 Å². The Morgan fingerprint density at radius 3 is 3.00 bits per heavy atom. The topological polar surface area (TPSA) is 62.4 Å². The van der Waals surface area contributed by atoms with E-state index in [1.54, 1.807) is 6.07 Å². The molecule has 2 aromatic rings. The summed E-state index contributed by atoms with van der Waals surface area (Å²) in [7, 11) is 1.39. The van der Waals surface area contributed by atoms with Crippen LogP contribution in [0.2, 0.25) is 0 Å². The second kappa shape index (κ2) is 5.00. The van der Waals surface area contributed by atoms with Crippen molar-refractivity contribution in [1.29, 1.82) is 0 Å². The largest absolute Gasteiger partial charge is 0.467 e. The van der Waals surface area contributed by atoms with Gasteiger partial charge in [-0.1, -0.05) is 18.2 Å². The molecular weight excluding hydrogens is 256 g/mol. The fraction of sp³-hybridized carbons (Fsp3) is 0.333. The minimum absolute atomic E-state index is 0.131. The van der Waals surface area contributed by atoms with Crippen molar-refractivity contribution < 1.29 is 9.53 Å². The third kappa shape index (κ3) is 2.05. The summed E-state index contributed by atoms with van der Waals surface area (Å²) in [5, 5.41) is 1.53. The van der Waals surface area contributed by atoms with Gasteiger partial charge in [0.15, 0.2) is 0 Å². The van der Waals surface area contributed by atoms with Gasteiger partial charge >= 0.3 is 5.97 Å². The molecule has 1 N–H and O–H groups in total. The number of esters is 1. The molecule has 1 aromatic carbocycles. The van der Waals surface area contributed by atoms with Gasteiger partial charge in [0.2, 0.25) is 0 Å². The normalized spacial score (nSPS) is 18.4. The summed E-state index contributed by atoms with van der Waals surface area (Å²) in [6, 6.07) is 9.03. The van der Waals surface area contributed by atoms with E-state index in [1.807, 2.05) is 29.2 Å². The van der Waals surface area contributed by atoms with E-state index in [2.05, 4.69) is 4.98 Å². The minimum Gasteiger partial charge on any atom is -0.467 e. The lowest BCUT2D eigenvalue weighted by molar-refractivity contribution is -0.141. The zero-order valence-electron chi connectivity index (χ0n) is 11.3. The summed E-state index contributed by atoms with van der Waals surface area (Å²) in [5.74, 6) is 0.429. The number of carbonyl (C=O) groups is 1. The average molecular weight is 272 g/mol. The fourth-order valence-corrected chi connectivity index (χ4v) is 2.79. The van der Waals surface area contributed by atoms with Gasteiger partial charge in [0.05, 0.1) is 7.11 Å². The van der Waals surface area contributed by atoms with Crippen molar-refractivity contribution in [3.63, 3.8) is 0 Å². The van der Waals surface area contributed by atoms with Crippen LogP contribution in [-0.2, 0) is 9.53 Å². The van der Waals surface area contributed by atoms with Crippen molar-refractivity contribution in [2.75, 3.05) is 18.6 Å². The number of aromatic nitrogens is 1. The van der Waals surface area contributed by atoms with Crippen molar-refractivity contribution in [2.24, 2.45) is 0 Å². The van der Waals surface area contributed by atoms with E-state index in [1.165, 1.54) is 7.11 Å². The molecule has 0 saturated carbocycles. The second-order valence-electron chi connectivity index (χ2n) is 4.95. The van der Waals surface area contributed by atoms with Crippen LogP contribution in [0.1, 0.15) is 12.8 Å². The number of hydrogen-bond acceptors (Lipinski definition) is 4. The highest BCUT2D eigenvalue weighted by atomic mass is 16.5. The van der Waals surface area contributed by atoms with Crippen molar-refractivity contribution in [3.05, 3.63) is 40.7 Å². The first kappa shape index (κ1) is 12.7. The summed E-state index contributed by atoms with van der Waals surface area (Å²) in [5.41, 5.74) is -0.131. The third-order valence-electron chi connectivity index (χ3n) is 3.77. The summed E-state index contributed by atoms with van der Waals surface area (Å²) < 4.78 is 4.83. The molecule has 5 heteroatoms. The van der Waals surface area contributed by atoms with Gasteiger partial charge in [-0.3, -0.25) is 4.79 Å².